The van der Waals surface area contributed by atoms with Gasteiger partial charge in [0.2, 0.25) is 0 Å². The van der Waals surface area contributed by atoms with Crippen molar-refractivity contribution in [2.75, 3.05) is 13.2 Å². The number of terminal acetylenes is 1. The van der Waals surface area contributed by atoms with Crippen LogP contribution in [0.15, 0.2) is 66.7 Å². The molecule has 1 aliphatic heterocycles. The predicted octanol–water partition coefficient (Wildman–Crippen LogP) is 3.30. The number of morpholine rings is 1. The maximum absolute atomic E-state index is 12.3. The number of hydrogen-bond donors (Lipinski definition) is 0. The Bertz CT molecular complexity index is 746. The lowest BCUT2D eigenvalue weighted by atomic mass is 10.0. The van der Waals surface area contributed by atoms with Gasteiger partial charge in [-0.15, -0.1) is 6.42 Å². The minimum atomic E-state index is -0.486. The molecule has 3 rings (SSSR count). The van der Waals surface area contributed by atoms with Gasteiger partial charge in [0.1, 0.15) is 12.6 Å². The number of hydrogen-bond acceptors (Lipinski definition) is 3. The van der Waals surface area contributed by atoms with E-state index in [9.17, 15) is 4.79 Å². The van der Waals surface area contributed by atoms with Gasteiger partial charge in [-0.3, -0.25) is 4.90 Å². The fraction of sp³-hybridized carbons (Fsp3) is 0.190. The summed E-state index contributed by atoms with van der Waals surface area (Å²) >= 11 is 0. The number of ether oxygens (including phenoxy) is 1. The molecule has 0 N–H and O–H groups in total. The number of cyclic esters (lactones) is 1. The minimum absolute atomic E-state index is 0.0367. The van der Waals surface area contributed by atoms with Crippen LogP contribution in [0.2, 0.25) is 0 Å². The zero-order chi connectivity index (χ0) is 16.8. The molecule has 120 valence electrons. The van der Waals surface area contributed by atoms with Crippen molar-refractivity contribution in [3.05, 3.63) is 77.9 Å². The highest BCUT2D eigenvalue weighted by Gasteiger charge is 2.36. The van der Waals surface area contributed by atoms with Gasteiger partial charge in [-0.1, -0.05) is 78.7 Å². The summed E-state index contributed by atoms with van der Waals surface area (Å²) in [6, 6.07) is 19.3. The summed E-state index contributed by atoms with van der Waals surface area (Å²) in [6.07, 6.45) is 9.35. The van der Waals surface area contributed by atoms with Crippen LogP contribution in [-0.4, -0.2) is 30.1 Å². The monoisotopic (exact) mass is 317 g/mol. The molecule has 0 unspecified atom stereocenters. The summed E-state index contributed by atoms with van der Waals surface area (Å²) in [7, 11) is 0. The molecule has 2 aromatic rings. The number of esters is 1. The maximum Gasteiger partial charge on any atom is 0.327 e. The molecule has 0 radical (unpaired) electrons. The van der Waals surface area contributed by atoms with Crippen LogP contribution in [0.1, 0.15) is 17.2 Å². The van der Waals surface area contributed by atoms with Crippen LogP contribution in [0.4, 0.5) is 0 Å². The van der Waals surface area contributed by atoms with Crippen molar-refractivity contribution >= 4 is 12.0 Å². The van der Waals surface area contributed by atoms with Crippen molar-refractivity contribution in [2.24, 2.45) is 0 Å². The zero-order valence-corrected chi connectivity index (χ0v) is 13.3. The van der Waals surface area contributed by atoms with Crippen molar-refractivity contribution in [3.63, 3.8) is 0 Å². The molecule has 1 fully saturated rings. The average molecular weight is 317 g/mol. The molecule has 0 bridgehead atoms. The van der Waals surface area contributed by atoms with Gasteiger partial charge in [0.25, 0.3) is 0 Å². The first kappa shape index (κ1) is 16.0. The summed E-state index contributed by atoms with van der Waals surface area (Å²) in [5.41, 5.74) is 2.13. The number of carbonyl (C=O) groups is 1. The lowest BCUT2D eigenvalue weighted by Crippen LogP contribution is -2.49. The fourth-order valence-corrected chi connectivity index (χ4v) is 2.90. The van der Waals surface area contributed by atoms with E-state index in [0.29, 0.717) is 13.2 Å². The SMILES string of the molecule is C#CCN1[C@@H](c2ccccc2)COC(=O)[C@@H]1/C=C/c1ccccc1. The molecular formula is C21H19NO2. The average Bonchev–Trinajstić information content (AvgIpc) is 2.63. The van der Waals surface area contributed by atoms with Gasteiger partial charge in [-0.2, -0.15) is 0 Å². The molecule has 2 atom stereocenters. The first-order chi connectivity index (χ1) is 11.8. The van der Waals surface area contributed by atoms with Gasteiger partial charge >= 0.3 is 5.97 Å². The van der Waals surface area contributed by atoms with Gasteiger partial charge in [-0.05, 0) is 11.1 Å². The van der Waals surface area contributed by atoms with Gasteiger partial charge in [-0.25, -0.2) is 4.79 Å². The first-order valence-corrected chi connectivity index (χ1v) is 7.93. The summed E-state index contributed by atoms with van der Waals surface area (Å²) in [5.74, 6) is 2.41. The van der Waals surface area contributed by atoms with Crippen LogP contribution >= 0.6 is 0 Å². The molecule has 1 heterocycles. The summed E-state index contributed by atoms with van der Waals surface area (Å²) < 4.78 is 5.42. The third-order valence-electron chi connectivity index (χ3n) is 4.11. The Kier molecular flexibility index (Phi) is 5.10. The Morgan fingerprint density at radius 3 is 2.46 bits per heavy atom. The molecule has 0 spiro atoms. The van der Waals surface area contributed by atoms with Gasteiger partial charge < -0.3 is 4.74 Å². The van der Waals surface area contributed by atoms with E-state index in [1.54, 1.807) is 0 Å². The van der Waals surface area contributed by atoms with E-state index in [-0.39, 0.29) is 12.0 Å². The van der Waals surface area contributed by atoms with E-state index >= 15 is 0 Å². The highest BCUT2D eigenvalue weighted by atomic mass is 16.5. The minimum Gasteiger partial charge on any atom is -0.462 e. The summed E-state index contributed by atoms with van der Waals surface area (Å²) in [5, 5.41) is 0. The van der Waals surface area contributed by atoms with Gasteiger partial charge in [0.05, 0.1) is 12.6 Å². The van der Waals surface area contributed by atoms with E-state index in [2.05, 4.69) is 5.92 Å². The molecule has 0 saturated carbocycles. The van der Waals surface area contributed by atoms with Crippen molar-refractivity contribution in [2.45, 2.75) is 12.1 Å². The topological polar surface area (TPSA) is 29.5 Å². The van der Waals surface area contributed by atoms with Crippen LogP contribution in [0.5, 0.6) is 0 Å². The normalized spacial score (nSPS) is 21.4. The third-order valence-corrected chi connectivity index (χ3v) is 4.11. The lowest BCUT2D eigenvalue weighted by molar-refractivity contribution is -0.159. The van der Waals surface area contributed by atoms with Crippen LogP contribution < -0.4 is 0 Å². The highest BCUT2D eigenvalue weighted by Crippen LogP contribution is 2.28. The van der Waals surface area contributed by atoms with E-state index < -0.39 is 6.04 Å². The predicted molar refractivity (Wildman–Crippen MR) is 94.9 cm³/mol. The number of benzene rings is 2. The van der Waals surface area contributed by atoms with Crippen LogP contribution in [0.25, 0.3) is 6.08 Å². The van der Waals surface area contributed by atoms with E-state index in [1.165, 1.54) is 0 Å². The van der Waals surface area contributed by atoms with E-state index in [4.69, 9.17) is 11.2 Å². The van der Waals surface area contributed by atoms with Gasteiger partial charge in [0, 0.05) is 0 Å². The molecule has 1 saturated heterocycles. The third kappa shape index (κ3) is 3.56. The van der Waals surface area contributed by atoms with Gasteiger partial charge in [0.15, 0.2) is 0 Å². The molecular weight excluding hydrogens is 298 g/mol. The molecule has 2 aromatic carbocycles. The molecule has 24 heavy (non-hydrogen) atoms. The Balaban J connectivity index is 1.88. The number of nitrogens with zero attached hydrogens (tertiary/aromatic N) is 1. The quantitative estimate of drug-likeness (QED) is 0.640. The first-order valence-electron chi connectivity index (χ1n) is 7.93. The number of rotatable bonds is 4. The second-order valence-corrected chi connectivity index (χ2v) is 5.65. The Morgan fingerprint density at radius 2 is 1.79 bits per heavy atom. The Morgan fingerprint density at radius 1 is 1.12 bits per heavy atom. The largest absolute Gasteiger partial charge is 0.462 e. The van der Waals surface area contributed by atoms with E-state index in [0.717, 1.165) is 11.1 Å². The highest BCUT2D eigenvalue weighted by molar-refractivity contribution is 5.80. The van der Waals surface area contributed by atoms with Crippen molar-refractivity contribution in [1.82, 2.24) is 4.90 Å². The van der Waals surface area contributed by atoms with Crippen molar-refractivity contribution in [3.8, 4) is 12.3 Å². The zero-order valence-electron chi connectivity index (χ0n) is 13.3. The van der Waals surface area contributed by atoms with Crippen LogP contribution in [0.3, 0.4) is 0 Å². The van der Waals surface area contributed by atoms with E-state index in [1.807, 2.05) is 77.7 Å². The smallest absolute Gasteiger partial charge is 0.327 e. The molecule has 0 aliphatic carbocycles. The summed E-state index contributed by atoms with van der Waals surface area (Å²) in [4.78, 5) is 14.3. The molecule has 0 aromatic heterocycles. The fourth-order valence-electron chi connectivity index (χ4n) is 2.90. The van der Waals surface area contributed by atoms with Crippen molar-refractivity contribution in [1.29, 1.82) is 0 Å². The van der Waals surface area contributed by atoms with Crippen LogP contribution in [0, 0.1) is 12.3 Å². The lowest BCUT2D eigenvalue weighted by Gasteiger charge is -2.38. The maximum atomic E-state index is 12.3. The standard InChI is InChI=1S/C21H19NO2/c1-2-15-22-19(14-13-17-9-5-3-6-10-17)21(23)24-16-20(22)18-11-7-4-8-12-18/h1,3-14,19-20H,15-16H2/b14-13+/t19-,20+/m0/s1. The Hall–Kier alpha value is -2.83. The van der Waals surface area contributed by atoms with Crippen molar-refractivity contribution < 1.29 is 9.53 Å². The Labute approximate surface area is 142 Å². The van der Waals surface area contributed by atoms with Crippen LogP contribution in [-0.2, 0) is 9.53 Å². The molecule has 3 nitrogen and oxygen atoms in total. The molecule has 0 amide bonds. The number of carbonyl (C=O) groups excluding carboxylic acids is 1. The second-order valence-electron chi connectivity index (χ2n) is 5.65. The second kappa shape index (κ2) is 7.63. The summed E-state index contributed by atoms with van der Waals surface area (Å²) in [6.45, 7) is 0.707. The molecule has 1 aliphatic rings. The molecule has 3 heteroatoms.